The molecule has 3 rings (SSSR count). The number of hydrogen-bond acceptors (Lipinski definition) is 2. The molecule has 3 heteroatoms. The maximum absolute atomic E-state index is 11.5. The van der Waals surface area contributed by atoms with Crippen LogP contribution in [-0.4, -0.2) is 14.7 Å². The van der Waals surface area contributed by atoms with Gasteiger partial charge in [0, 0.05) is 6.26 Å². The Labute approximate surface area is 119 Å². The molecule has 0 saturated heterocycles. The minimum atomic E-state index is -3.14. The van der Waals surface area contributed by atoms with Gasteiger partial charge in [-0.2, -0.15) is 0 Å². The molecular formula is C17H14O2S. The predicted molar refractivity (Wildman–Crippen MR) is 81.6 cm³/mol. The van der Waals surface area contributed by atoms with Crippen LogP contribution in [0.3, 0.4) is 0 Å². The average Bonchev–Trinajstić information content (AvgIpc) is 2.69. The average molecular weight is 282 g/mol. The molecule has 0 aliphatic heterocycles. The van der Waals surface area contributed by atoms with Crippen LogP contribution in [0.1, 0.15) is 0 Å². The van der Waals surface area contributed by atoms with Gasteiger partial charge in [0.15, 0.2) is 9.84 Å². The predicted octanol–water partition coefficient (Wildman–Crippen LogP) is 3.86. The molecule has 1 aromatic carbocycles. The van der Waals surface area contributed by atoms with Crippen molar-refractivity contribution >= 4 is 9.84 Å². The van der Waals surface area contributed by atoms with Gasteiger partial charge in [0.2, 0.25) is 0 Å². The van der Waals surface area contributed by atoms with Crippen molar-refractivity contribution in [3.8, 4) is 22.3 Å². The van der Waals surface area contributed by atoms with Crippen molar-refractivity contribution in [2.45, 2.75) is 4.90 Å². The van der Waals surface area contributed by atoms with E-state index in [2.05, 4.69) is 24.3 Å². The van der Waals surface area contributed by atoms with E-state index in [9.17, 15) is 8.42 Å². The Hall–Kier alpha value is -2.13. The van der Waals surface area contributed by atoms with Crippen molar-refractivity contribution in [1.29, 1.82) is 0 Å². The summed E-state index contributed by atoms with van der Waals surface area (Å²) in [6.07, 6.45) is 1.22. The third-order valence-corrected chi connectivity index (χ3v) is 4.47. The molecule has 0 saturated carbocycles. The van der Waals surface area contributed by atoms with Crippen molar-refractivity contribution in [1.82, 2.24) is 0 Å². The van der Waals surface area contributed by atoms with E-state index < -0.39 is 9.84 Å². The van der Waals surface area contributed by atoms with Gasteiger partial charge in [-0.05, 0) is 46.5 Å². The maximum Gasteiger partial charge on any atom is 0.175 e. The molecule has 0 aromatic heterocycles. The Morgan fingerprint density at radius 1 is 0.650 bits per heavy atom. The van der Waals surface area contributed by atoms with Crippen molar-refractivity contribution in [3.05, 3.63) is 66.7 Å². The molecule has 0 radical (unpaired) electrons. The first-order chi connectivity index (χ1) is 9.54. The summed E-state index contributed by atoms with van der Waals surface area (Å²) in [5, 5.41) is 0. The Kier molecular flexibility index (Phi) is 3.07. The van der Waals surface area contributed by atoms with Gasteiger partial charge in [-0.1, -0.05) is 42.5 Å². The Morgan fingerprint density at radius 3 is 1.70 bits per heavy atom. The number of fused-ring (bicyclic) bond motifs is 1. The molecular weight excluding hydrogens is 268 g/mol. The molecule has 100 valence electrons. The van der Waals surface area contributed by atoms with Gasteiger partial charge >= 0.3 is 0 Å². The van der Waals surface area contributed by atoms with E-state index in [1.165, 1.54) is 17.4 Å². The Bertz CT molecular complexity index is 787. The highest BCUT2D eigenvalue weighted by molar-refractivity contribution is 7.90. The van der Waals surface area contributed by atoms with Gasteiger partial charge in [-0.25, -0.2) is 8.42 Å². The lowest BCUT2D eigenvalue weighted by Gasteiger charge is -2.00. The fourth-order valence-electron chi connectivity index (χ4n) is 2.28. The molecule has 2 aliphatic rings. The Balaban J connectivity index is 2.06. The zero-order chi connectivity index (χ0) is 14.2. The summed E-state index contributed by atoms with van der Waals surface area (Å²) >= 11 is 0. The lowest BCUT2D eigenvalue weighted by atomic mass is 10.1. The monoisotopic (exact) mass is 282 g/mol. The van der Waals surface area contributed by atoms with Crippen LogP contribution < -0.4 is 0 Å². The zero-order valence-corrected chi connectivity index (χ0v) is 11.9. The molecule has 0 spiro atoms. The second kappa shape index (κ2) is 4.76. The van der Waals surface area contributed by atoms with E-state index in [0.29, 0.717) is 4.90 Å². The molecule has 2 aliphatic carbocycles. The zero-order valence-electron chi connectivity index (χ0n) is 11.1. The summed E-state index contributed by atoms with van der Waals surface area (Å²) < 4.78 is 22.9. The summed E-state index contributed by atoms with van der Waals surface area (Å²) in [4.78, 5) is 0.351. The highest BCUT2D eigenvalue weighted by Crippen LogP contribution is 2.31. The molecule has 0 bridgehead atoms. The van der Waals surface area contributed by atoms with Crippen LogP contribution in [0.25, 0.3) is 22.3 Å². The van der Waals surface area contributed by atoms with Crippen LogP contribution in [0, 0.1) is 0 Å². The lowest BCUT2D eigenvalue weighted by Crippen LogP contribution is -1.95. The number of sulfone groups is 1. The van der Waals surface area contributed by atoms with E-state index in [4.69, 9.17) is 0 Å². The first-order valence-corrected chi connectivity index (χ1v) is 8.22. The first-order valence-electron chi connectivity index (χ1n) is 6.33. The van der Waals surface area contributed by atoms with Crippen molar-refractivity contribution < 1.29 is 8.42 Å². The van der Waals surface area contributed by atoms with Gasteiger partial charge in [-0.15, -0.1) is 0 Å². The third-order valence-electron chi connectivity index (χ3n) is 3.34. The highest BCUT2D eigenvalue weighted by Gasteiger charge is 2.09. The molecule has 0 fully saturated rings. The molecule has 0 amide bonds. The fraction of sp³-hybridized carbons (Fsp3) is 0.0588. The maximum atomic E-state index is 11.5. The normalized spacial score (nSPS) is 11.7. The standard InChI is InChI=1S/C17H14O2S/c1-20(18,19)17-9-7-13(8-10-17)16-11-14-5-3-2-4-6-15(14)12-16/h2-12H,1H3. The lowest BCUT2D eigenvalue weighted by molar-refractivity contribution is 0.602. The van der Waals surface area contributed by atoms with E-state index in [1.54, 1.807) is 12.1 Å². The van der Waals surface area contributed by atoms with Crippen LogP contribution in [0.15, 0.2) is 71.6 Å². The van der Waals surface area contributed by atoms with Crippen molar-refractivity contribution in [2.24, 2.45) is 0 Å². The van der Waals surface area contributed by atoms with Crippen LogP contribution in [0.5, 0.6) is 0 Å². The SMILES string of the molecule is CS(=O)(=O)c1ccc(-c2cc3cccccc-3c2)cc1. The molecule has 0 N–H and O–H groups in total. The topological polar surface area (TPSA) is 34.1 Å². The smallest absolute Gasteiger partial charge is 0.175 e. The first kappa shape index (κ1) is 12.9. The number of hydrogen-bond donors (Lipinski definition) is 0. The molecule has 0 unspecified atom stereocenters. The van der Waals surface area contributed by atoms with Crippen LogP contribution in [0.4, 0.5) is 0 Å². The summed E-state index contributed by atoms with van der Waals surface area (Å²) in [5.41, 5.74) is 4.48. The quantitative estimate of drug-likeness (QED) is 0.715. The Morgan fingerprint density at radius 2 is 1.20 bits per heavy atom. The molecule has 0 heterocycles. The fourth-order valence-corrected chi connectivity index (χ4v) is 2.91. The van der Waals surface area contributed by atoms with Crippen LogP contribution in [0.2, 0.25) is 0 Å². The van der Waals surface area contributed by atoms with E-state index in [0.717, 1.165) is 11.1 Å². The van der Waals surface area contributed by atoms with Gasteiger partial charge in [-0.3, -0.25) is 0 Å². The van der Waals surface area contributed by atoms with Gasteiger partial charge in [0.05, 0.1) is 4.90 Å². The number of rotatable bonds is 2. The summed E-state index contributed by atoms with van der Waals surface area (Å²) in [5.74, 6) is 0. The minimum Gasteiger partial charge on any atom is -0.224 e. The van der Waals surface area contributed by atoms with Gasteiger partial charge < -0.3 is 0 Å². The third kappa shape index (κ3) is 2.45. The highest BCUT2D eigenvalue weighted by atomic mass is 32.2. The summed E-state index contributed by atoms with van der Waals surface area (Å²) in [6.45, 7) is 0. The molecule has 0 atom stereocenters. The van der Waals surface area contributed by atoms with Gasteiger partial charge in [0.1, 0.15) is 0 Å². The van der Waals surface area contributed by atoms with E-state index in [1.807, 2.05) is 30.3 Å². The van der Waals surface area contributed by atoms with E-state index in [-0.39, 0.29) is 0 Å². The van der Waals surface area contributed by atoms with Gasteiger partial charge in [0.25, 0.3) is 0 Å². The molecule has 20 heavy (non-hydrogen) atoms. The second-order valence-corrected chi connectivity index (χ2v) is 6.88. The van der Waals surface area contributed by atoms with Crippen molar-refractivity contribution in [2.75, 3.05) is 6.26 Å². The largest absolute Gasteiger partial charge is 0.224 e. The van der Waals surface area contributed by atoms with E-state index >= 15 is 0 Å². The van der Waals surface area contributed by atoms with Crippen LogP contribution >= 0.6 is 0 Å². The number of benzene rings is 1. The second-order valence-electron chi connectivity index (χ2n) is 4.86. The summed E-state index contributed by atoms with van der Waals surface area (Å²) in [7, 11) is -3.14. The minimum absolute atomic E-state index is 0.351. The van der Waals surface area contributed by atoms with Crippen molar-refractivity contribution in [3.63, 3.8) is 0 Å². The molecule has 1 aromatic rings. The van der Waals surface area contributed by atoms with Crippen LogP contribution in [-0.2, 0) is 9.84 Å². The molecule has 2 nitrogen and oxygen atoms in total. The summed E-state index contributed by atoms with van der Waals surface area (Å²) in [6, 6.07) is 21.4.